The topological polar surface area (TPSA) is 70.6 Å². The number of hydrogen-bond acceptors (Lipinski definition) is 3. The van der Waals surface area contributed by atoms with Crippen molar-refractivity contribution in [2.24, 2.45) is 0 Å². The second-order valence-corrected chi connectivity index (χ2v) is 4.95. The third kappa shape index (κ3) is 3.68. The largest absolute Gasteiger partial charge is 0.387 e. The molecule has 0 heterocycles. The van der Waals surface area contributed by atoms with E-state index >= 15 is 0 Å². The molecule has 19 heavy (non-hydrogen) atoms. The summed E-state index contributed by atoms with van der Waals surface area (Å²) in [7, 11) is 1.58. The van der Waals surface area contributed by atoms with Crippen molar-refractivity contribution < 1.29 is 14.6 Å². The predicted molar refractivity (Wildman–Crippen MR) is 72.1 cm³/mol. The van der Waals surface area contributed by atoms with E-state index in [4.69, 9.17) is 4.74 Å². The van der Waals surface area contributed by atoms with Gasteiger partial charge in [0.25, 0.3) is 0 Å². The minimum absolute atomic E-state index is 0.250. The van der Waals surface area contributed by atoms with Crippen molar-refractivity contribution in [3.05, 3.63) is 35.4 Å². The predicted octanol–water partition coefficient (Wildman–Crippen LogP) is 0.462. The molecule has 0 fully saturated rings. The van der Waals surface area contributed by atoms with Crippen LogP contribution in [0.25, 0.3) is 0 Å². The minimum Gasteiger partial charge on any atom is -0.387 e. The van der Waals surface area contributed by atoms with Gasteiger partial charge < -0.3 is 20.5 Å². The first-order valence-corrected chi connectivity index (χ1v) is 6.43. The van der Waals surface area contributed by atoms with E-state index in [2.05, 4.69) is 10.6 Å². The van der Waals surface area contributed by atoms with E-state index in [0.29, 0.717) is 26.0 Å². The van der Waals surface area contributed by atoms with Crippen LogP contribution in [0.15, 0.2) is 24.3 Å². The van der Waals surface area contributed by atoms with E-state index in [0.717, 1.165) is 11.1 Å². The van der Waals surface area contributed by atoms with E-state index in [1.54, 1.807) is 7.11 Å². The van der Waals surface area contributed by atoms with Crippen molar-refractivity contribution >= 4 is 6.03 Å². The Morgan fingerprint density at radius 1 is 1.32 bits per heavy atom. The second kappa shape index (κ2) is 6.04. The molecule has 1 aliphatic carbocycles. The number of methoxy groups -OCH3 is 1. The van der Waals surface area contributed by atoms with Crippen LogP contribution in [0.2, 0.25) is 0 Å². The van der Waals surface area contributed by atoms with Crippen molar-refractivity contribution in [3.8, 4) is 0 Å². The lowest BCUT2D eigenvalue weighted by Crippen LogP contribution is -2.47. The maximum absolute atomic E-state index is 11.5. The van der Waals surface area contributed by atoms with Gasteiger partial charge in [-0.05, 0) is 11.1 Å². The highest BCUT2D eigenvalue weighted by molar-refractivity contribution is 5.73. The molecular formula is C14H20N2O3. The van der Waals surface area contributed by atoms with Crippen molar-refractivity contribution in [2.45, 2.75) is 18.4 Å². The standard InChI is InChI=1S/C14H20N2O3/c1-19-7-6-15-13(17)16-10-14(18)8-11-4-2-3-5-12(11)9-14/h2-5,18H,6-10H2,1H3,(H2,15,16,17). The first-order chi connectivity index (χ1) is 9.13. The maximum Gasteiger partial charge on any atom is 0.314 e. The van der Waals surface area contributed by atoms with Gasteiger partial charge in [-0.15, -0.1) is 0 Å². The van der Waals surface area contributed by atoms with E-state index in [1.165, 1.54) is 0 Å². The first kappa shape index (κ1) is 13.8. The van der Waals surface area contributed by atoms with Crippen LogP contribution in [0.5, 0.6) is 0 Å². The number of amides is 2. The molecule has 0 saturated carbocycles. The number of carbonyl (C=O) groups excluding carboxylic acids is 1. The van der Waals surface area contributed by atoms with Gasteiger partial charge in [0.15, 0.2) is 0 Å². The highest BCUT2D eigenvalue weighted by atomic mass is 16.5. The van der Waals surface area contributed by atoms with Crippen LogP contribution in [0, 0.1) is 0 Å². The van der Waals surface area contributed by atoms with Crippen molar-refractivity contribution in [2.75, 3.05) is 26.8 Å². The van der Waals surface area contributed by atoms with Gasteiger partial charge in [0.2, 0.25) is 0 Å². The molecule has 2 amide bonds. The van der Waals surface area contributed by atoms with Crippen LogP contribution in [-0.2, 0) is 17.6 Å². The summed E-state index contributed by atoms with van der Waals surface area (Å²) >= 11 is 0. The first-order valence-electron chi connectivity index (χ1n) is 6.43. The minimum atomic E-state index is -0.873. The summed E-state index contributed by atoms with van der Waals surface area (Å²) in [5.41, 5.74) is 1.45. The van der Waals surface area contributed by atoms with Crippen LogP contribution in [0.1, 0.15) is 11.1 Å². The van der Waals surface area contributed by atoms with Gasteiger partial charge in [0.05, 0.1) is 12.2 Å². The quantitative estimate of drug-likeness (QED) is 0.677. The number of nitrogens with one attached hydrogen (secondary N) is 2. The third-order valence-electron chi connectivity index (χ3n) is 3.33. The van der Waals surface area contributed by atoms with E-state index < -0.39 is 5.60 Å². The Morgan fingerprint density at radius 2 is 1.95 bits per heavy atom. The smallest absolute Gasteiger partial charge is 0.314 e. The molecule has 5 nitrogen and oxygen atoms in total. The number of urea groups is 1. The number of hydrogen-bond donors (Lipinski definition) is 3. The monoisotopic (exact) mass is 264 g/mol. The molecule has 104 valence electrons. The summed E-state index contributed by atoms with van der Waals surface area (Å²) in [5, 5.41) is 15.8. The lowest BCUT2D eigenvalue weighted by Gasteiger charge is -2.22. The lowest BCUT2D eigenvalue weighted by atomic mass is 10.0. The zero-order valence-electron chi connectivity index (χ0n) is 11.1. The van der Waals surface area contributed by atoms with Crippen LogP contribution >= 0.6 is 0 Å². The molecule has 0 bridgehead atoms. The molecule has 0 aliphatic heterocycles. The Labute approximate surface area is 113 Å². The second-order valence-electron chi connectivity index (χ2n) is 4.95. The van der Waals surface area contributed by atoms with Gasteiger partial charge in [-0.3, -0.25) is 0 Å². The molecule has 0 aromatic heterocycles. The van der Waals surface area contributed by atoms with E-state index in [-0.39, 0.29) is 12.6 Å². The van der Waals surface area contributed by atoms with Gasteiger partial charge in [-0.25, -0.2) is 4.79 Å². The molecule has 1 aromatic rings. The Balaban J connectivity index is 1.79. The highest BCUT2D eigenvalue weighted by Crippen LogP contribution is 2.29. The SMILES string of the molecule is COCCNC(=O)NCC1(O)Cc2ccccc2C1. The molecular weight excluding hydrogens is 244 g/mol. The van der Waals surface area contributed by atoms with Gasteiger partial charge in [-0.2, -0.15) is 0 Å². The summed E-state index contributed by atoms with van der Waals surface area (Å²) in [5.74, 6) is 0. The summed E-state index contributed by atoms with van der Waals surface area (Å²) in [6.07, 6.45) is 1.17. The molecule has 0 unspecified atom stereocenters. The number of rotatable bonds is 5. The van der Waals surface area contributed by atoms with Crippen LogP contribution in [0.4, 0.5) is 4.79 Å². The number of benzene rings is 1. The normalized spacial score (nSPS) is 15.9. The average Bonchev–Trinajstić information content (AvgIpc) is 2.73. The van der Waals surface area contributed by atoms with Crippen LogP contribution in [-0.4, -0.2) is 43.5 Å². The fourth-order valence-corrected chi connectivity index (χ4v) is 2.37. The third-order valence-corrected chi connectivity index (χ3v) is 3.33. The van der Waals surface area contributed by atoms with Gasteiger partial charge in [0, 0.05) is 33.0 Å². The fourth-order valence-electron chi connectivity index (χ4n) is 2.37. The highest BCUT2D eigenvalue weighted by Gasteiger charge is 2.35. The van der Waals surface area contributed by atoms with Gasteiger partial charge in [0.1, 0.15) is 0 Å². The number of ether oxygens (including phenoxy) is 1. The van der Waals surface area contributed by atoms with E-state index in [9.17, 15) is 9.90 Å². The Hall–Kier alpha value is -1.59. The Kier molecular flexibility index (Phi) is 4.39. The zero-order valence-corrected chi connectivity index (χ0v) is 11.1. The number of fused-ring (bicyclic) bond motifs is 1. The van der Waals surface area contributed by atoms with Crippen molar-refractivity contribution in [1.82, 2.24) is 10.6 Å². The van der Waals surface area contributed by atoms with Crippen LogP contribution in [0.3, 0.4) is 0 Å². The number of carbonyl (C=O) groups is 1. The molecule has 0 spiro atoms. The summed E-state index contributed by atoms with van der Waals surface area (Å²) in [4.78, 5) is 11.5. The number of aliphatic hydroxyl groups is 1. The molecule has 2 rings (SSSR count). The van der Waals surface area contributed by atoms with Crippen molar-refractivity contribution in [1.29, 1.82) is 0 Å². The summed E-state index contributed by atoms with van der Waals surface area (Å²) in [6, 6.07) is 7.70. The van der Waals surface area contributed by atoms with E-state index in [1.807, 2.05) is 24.3 Å². The summed E-state index contributed by atoms with van der Waals surface area (Å²) < 4.78 is 4.84. The Morgan fingerprint density at radius 3 is 2.53 bits per heavy atom. The molecule has 3 N–H and O–H groups in total. The molecule has 0 saturated heterocycles. The van der Waals surface area contributed by atoms with Crippen molar-refractivity contribution in [3.63, 3.8) is 0 Å². The van der Waals surface area contributed by atoms with Crippen LogP contribution < -0.4 is 10.6 Å². The molecule has 5 heteroatoms. The van der Waals surface area contributed by atoms with Gasteiger partial charge in [-0.1, -0.05) is 24.3 Å². The van der Waals surface area contributed by atoms with Gasteiger partial charge >= 0.3 is 6.03 Å². The molecule has 1 aliphatic rings. The summed E-state index contributed by atoms with van der Waals surface area (Å²) in [6.45, 7) is 1.19. The zero-order chi connectivity index (χ0) is 13.7. The lowest BCUT2D eigenvalue weighted by molar-refractivity contribution is 0.0536. The molecule has 1 aromatic carbocycles. The average molecular weight is 264 g/mol. The fraction of sp³-hybridized carbons (Fsp3) is 0.500. The molecule has 0 radical (unpaired) electrons. The molecule has 0 atom stereocenters. The maximum atomic E-state index is 11.5. The Bertz CT molecular complexity index is 423.